The first-order valence-corrected chi connectivity index (χ1v) is 8.98. The van der Waals surface area contributed by atoms with Gasteiger partial charge in [0.1, 0.15) is 0 Å². The van der Waals surface area contributed by atoms with Crippen molar-refractivity contribution in [3.8, 4) is 0 Å². The van der Waals surface area contributed by atoms with Crippen molar-refractivity contribution < 1.29 is 13.2 Å². The fraction of sp³-hybridized carbons (Fsp3) is 0.500. The van der Waals surface area contributed by atoms with Crippen LogP contribution in [0, 0.1) is 6.92 Å². The second-order valence-corrected chi connectivity index (χ2v) is 7.14. The molecule has 0 aliphatic heterocycles. The van der Waals surface area contributed by atoms with Crippen LogP contribution in [0.4, 0.5) is 13.2 Å². The van der Waals surface area contributed by atoms with Gasteiger partial charge < -0.3 is 0 Å². The fourth-order valence-electron chi connectivity index (χ4n) is 2.70. The summed E-state index contributed by atoms with van der Waals surface area (Å²) in [6.45, 7) is 4.17. The molecule has 2 aromatic rings. The number of alkyl halides is 4. The van der Waals surface area contributed by atoms with Crippen LogP contribution in [0.1, 0.15) is 48.1 Å². The normalized spacial score (nSPS) is 13.8. The molecule has 1 unspecified atom stereocenters. The van der Waals surface area contributed by atoms with Crippen molar-refractivity contribution in [2.24, 2.45) is 0 Å². The monoisotopic (exact) mass is 378 g/mol. The first-order valence-electron chi connectivity index (χ1n) is 7.04. The minimum Gasteiger partial charge on any atom is -0.166 e. The summed E-state index contributed by atoms with van der Waals surface area (Å²) in [5.74, 6) is 0.432. The van der Waals surface area contributed by atoms with Crippen LogP contribution >= 0.6 is 27.3 Å². The predicted octanol–water partition coefficient (Wildman–Crippen LogP) is 6.90. The third-order valence-corrected chi connectivity index (χ3v) is 5.64. The molecule has 0 aliphatic rings. The maximum absolute atomic E-state index is 12.8. The Balaban J connectivity index is 2.48. The van der Waals surface area contributed by atoms with Gasteiger partial charge in [0.05, 0.1) is 5.56 Å². The Morgan fingerprint density at radius 2 is 1.95 bits per heavy atom. The lowest BCUT2D eigenvalue weighted by Gasteiger charge is -2.14. The second kappa shape index (κ2) is 6.69. The number of benzene rings is 1. The van der Waals surface area contributed by atoms with Crippen molar-refractivity contribution in [3.05, 3.63) is 34.2 Å². The Labute approximate surface area is 135 Å². The zero-order chi connectivity index (χ0) is 15.6. The summed E-state index contributed by atoms with van der Waals surface area (Å²) in [4.78, 5) is 1.24. The van der Waals surface area contributed by atoms with Crippen molar-refractivity contribution in [3.63, 3.8) is 0 Å². The molecule has 0 saturated carbocycles. The minimum atomic E-state index is -4.27. The highest BCUT2D eigenvalue weighted by Crippen LogP contribution is 2.41. The number of thiophene rings is 1. The van der Waals surface area contributed by atoms with Gasteiger partial charge >= 0.3 is 6.18 Å². The van der Waals surface area contributed by atoms with Gasteiger partial charge in [0.25, 0.3) is 0 Å². The molecule has 0 nitrogen and oxygen atoms in total. The quantitative estimate of drug-likeness (QED) is 0.496. The standard InChI is InChI=1S/C16H18BrF3S/c1-3-4-11(7-8-17)15-10(2)13-6-5-12(16(18,19)20)9-14(13)21-15/h5-6,9,11H,3-4,7-8H2,1-2H3. The number of hydrogen-bond donors (Lipinski definition) is 0. The summed E-state index contributed by atoms with van der Waals surface area (Å²) >= 11 is 5.00. The van der Waals surface area contributed by atoms with E-state index >= 15 is 0 Å². The van der Waals surface area contributed by atoms with Gasteiger partial charge in [0, 0.05) is 14.9 Å². The summed E-state index contributed by atoms with van der Waals surface area (Å²) in [5, 5.41) is 1.87. The average molecular weight is 379 g/mol. The van der Waals surface area contributed by atoms with Crippen LogP contribution in [-0.4, -0.2) is 5.33 Å². The molecule has 0 amide bonds. The Morgan fingerprint density at radius 3 is 2.52 bits per heavy atom. The fourth-order valence-corrected chi connectivity index (χ4v) is 4.67. The maximum Gasteiger partial charge on any atom is 0.416 e. The molecule has 116 valence electrons. The largest absolute Gasteiger partial charge is 0.416 e. The van der Waals surface area contributed by atoms with Crippen LogP contribution in [0.15, 0.2) is 18.2 Å². The third-order valence-electron chi connectivity index (χ3n) is 3.77. The van der Waals surface area contributed by atoms with Gasteiger partial charge in [-0.05, 0) is 48.8 Å². The number of fused-ring (bicyclic) bond motifs is 1. The summed E-state index contributed by atoms with van der Waals surface area (Å²) in [6.07, 6.45) is -1.09. The highest BCUT2D eigenvalue weighted by Gasteiger charge is 2.31. The van der Waals surface area contributed by atoms with Gasteiger partial charge in [-0.15, -0.1) is 11.3 Å². The highest BCUT2D eigenvalue weighted by atomic mass is 79.9. The SMILES string of the molecule is CCCC(CCBr)c1sc2cc(C(F)(F)F)ccc2c1C. The Morgan fingerprint density at radius 1 is 1.24 bits per heavy atom. The zero-order valence-corrected chi connectivity index (χ0v) is 14.5. The summed E-state index contributed by atoms with van der Waals surface area (Å²) < 4.78 is 39.2. The van der Waals surface area contributed by atoms with E-state index in [9.17, 15) is 13.2 Å². The smallest absolute Gasteiger partial charge is 0.166 e. The third kappa shape index (κ3) is 3.62. The Kier molecular flexibility index (Phi) is 5.36. The molecule has 0 spiro atoms. The molecule has 0 bridgehead atoms. The van der Waals surface area contributed by atoms with E-state index in [0.717, 1.165) is 40.2 Å². The average Bonchev–Trinajstić information content (AvgIpc) is 2.74. The van der Waals surface area contributed by atoms with E-state index in [1.807, 2.05) is 6.92 Å². The van der Waals surface area contributed by atoms with Gasteiger partial charge in [-0.1, -0.05) is 35.3 Å². The molecule has 0 radical (unpaired) electrons. The molecule has 1 aromatic carbocycles. The van der Waals surface area contributed by atoms with E-state index in [2.05, 4.69) is 22.9 Å². The van der Waals surface area contributed by atoms with Crippen LogP contribution in [0.25, 0.3) is 10.1 Å². The lowest BCUT2D eigenvalue weighted by molar-refractivity contribution is -0.137. The number of halogens is 4. The van der Waals surface area contributed by atoms with E-state index in [1.165, 1.54) is 28.3 Å². The molecule has 21 heavy (non-hydrogen) atoms. The summed E-state index contributed by atoms with van der Waals surface area (Å²) in [5.41, 5.74) is 0.582. The molecular weight excluding hydrogens is 361 g/mol. The van der Waals surface area contributed by atoms with Crippen molar-refractivity contribution in [1.82, 2.24) is 0 Å². The van der Waals surface area contributed by atoms with E-state index in [1.54, 1.807) is 6.07 Å². The van der Waals surface area contributed by atoms with Crippen LogP contribution in [0.2, 0.25) is 0 Å². The van der Waals surface area contributed by atoms with Crippen molar-refractivity contribution in [1.29, 1.82) is 0 Å². The highest BCUT2D eigenvalue weighted by molar-refractivity contribution is 9.09. The molecule has 0 fully saturated rings. The molecular formula is C16H18BrF3S. The van der Waals surface area contributed by atoms with E-state index in [4.69, 9.17) is 0 Å². The van der Waals surface area contributed by atoms with Gasteiger partial charge in [0.15, 0.2) is 0 Å². The zero-order valence-electron chi connectivity index (χ0n) is 12.1. The summed E-state index contributed by atoms with van der Waals surface area (Å²) in [6, 6.07) is 4.09. The molecule has 1 aromatic heterocycles. The lowest BCUT2D eigenvalue weighted by Crippen LogP contribution is -2.03. The van der Waals surface area contributed by atoms with Crippen LogP contribution in [-0.2, 0) is 6.18 Å². The second-order valence-electron chi connectivity index (χ2n) is 5.26. The Hall–Kier alpha value is -0.550. The van der Waals surface area contributed by atoms with Crippen molar-refractivity contribution in [2.75, 3.05) is 5.33 Å². The van der Waals surface area contributed by atoms with Gasteiger partial charge in [-0.2, -0.15) is 13.2 Å². The van der Waals surface area contributed by atoms with Crippen LogP contribution in [0.3, 0.4) is 0 Å². The van der Waals surface area contributed by atoms with Gasteiger partial charge in [-0.25, -0.2) is 0 Å². The number of hydrogen-bond acceptors (Lipinski definition) is 1. The Bertz CT molecular complexity index is 610. The molecule has 0 saturated heterocycles. The van der Waals surface area contributed by atoms with Crippen molar-refractivity contribution >= 4 is 37.4 Å². The lowest BCUT2D eigenvalue weighted by atomic mass is 9.95. The van der Waals surface area contributed by atoms with Crippen LogP contribution < -0.4 is 0 Å². The predicted molar refractivity (Wildman–Crippen MR) is 87.6 cm³/mol. The van der Waals surface area contributed by atoms with Crippen molar-refractivity contribution in [2.45, 2.75) is 45.2 Å². The maximum atomic E-state index is 12.8. The van der Waals surface area contributed by atoms with Crippen LogP contribution in [0.5, 0.6) is 0 Å². The van der Waals surface area contributed by atoms with E-state index < -0.39 is 11.7 Å². The molecule has 1 atom stereocenters. The summed E-state index contributed by atoms with van der Waals surface area (Å²) in [7, 11) is 0. The molecule has 0 N–H and O–H groups in total. The molecule has 1 heterocycles. The molecule has 2 rings (SSSR count). The number of aryl methyl sites for hydroxylation is 1. The first kappa shape index (κ1) is 16.8. The first-order chi connectivity index (χ1) is 9.88. The van der Waals surface area contributed by atoms with Gasteiger partial charge in [-0.3, -0.25) is 0 Å². The minimum absolute atomic E-state index is 0.432. The molecule has 0 aliphatic carbocycles. The molecule has 5 heteroatoms. The number of rotatable bonds is 5. The van der Waals surface area contributed by atoms with E-state index in [-0.39, 0.29) is 0 Å². The topological polar surface area (TPSA) is 0 Å². The van der Waals surface area contributed by atoms with Gasteiger partial charge in [0.2, 0.25) is 0 Å². The van der Waals surface area contributed by atoms with E-state index in [0.29, 0.717) is 5.92 Å².